The first-order valence-electron chi connectivity index (χ1n) is 5.35. The lowest BCUT2D eigenvalue weighted by Gasteiger charge is -2.35. The smallest absolute Gasteiger partial charge is 0.255 e. The number of nitrogens with one attached hydrogen (secondary N) is 1. The van der Waals surface area contributed by atoms with E-state index in [9.17, 15) is 4.79 Å². The van der Waals surface area contributed by atoms with Crippen LogP contribution in [0.2, 0.25) is 0 Å². The van der Waals surface area contributed by atoms with Crippen LogP contribution in [0.15, 0.2) is 29.2 Å². The molecule has 0 spiro atoms. The van der Waals surface area contributed by atoms with Gasteiger partial charge in [0, 0.05) is 25.0 Å². The van der Waals surface area contributed by atoms with E-state index >= 15 is 0 Å². The summed E-state index contributed by atoms with van der Waals surface area (Å²) in [4.78, 5) is 15.1. The molecule has 1 saturated heterocycles. The number of carbonyl (C=O) groups excluding carboxylic acids is 1. The third-order valence-electron chi connectivity index (χ3n) is 2.97. The Labute approximate surface area is 112 Å². The molecule has 3 nitrogen and oxygen atoms in total. The van der Waals surface area contributed by atoms with E-state index in [2.05, 4.69) is 5.32 Å². The van der Waals surface area contributed by atoms with Gasteiger partial charge in [0.15, 0.2) is 0 Å². The average Bonchev–Trinajstić information content (AvgIpc) is 2.25. The maximum Gasteiger partial charge on any atom is 0.255 e. The normalized spacial score (nSPS) is 14.7. The van der Waals surface area contributed by atoms with Crippen molar-refractivity contribution >= 4 is 30.1 Å². The van der Waals surface area contributed by atoms with Gasteiger partial charge in [-0.05, 0) is 18.4 Å². The maximum absolute atomic E-state index is 12.2. The minimum absolute atomic E-state index is 0. The Kier molecular flexibility index (Phi) is 5.31. The van der Waals surface area contributed by atoms with E-state index < -0.39 is 0 Å². The molecule has 5 heteroatoms. The Balaban J connectivity index is 0.00000144. The van der Waals surface area contributed by atoms with E-state index in [0.717, 1.165) is 23.5 Å². The standard InChI is InChI=1S/C12H16N2OS.ClH/c1-14(9-7-13-8-9)12(15)10-5-3-4-6-11(10)16-2;/h3-6,9,13H,7-8H2,1-2H3;1H. The Bertz CT molecular complexity index is 396. The molecule has 1 aliphatic rings. The zero-order chi connectivity index (χ0) is 11.5. The number of amides is 1. The molecule has 1 fully saturated rings. The van der Waals surface area contributed by atoms with Gasteiger partial charge in [-0.1, -0.05) is 12.1 Å². The summed E-state index contributed by atoms with van der Waals surface area (Å²) in [6.45, 7) is 1.81. The SMILES string of the molecule is CSc1ccccc1C(=O)N(C)C1CNC1.Cl. The maximum atomic E-state index is 12.2. The molecule has 0 bridgehead atoms. The number of carbonyl (C=O) groups is 1. The number of halogens is 1. The molecule has 0 radical (unpaired) electrons. The first-order valence-corrected chi connectivity index (χ1v) is 6.57. The molecule has 1 aliphatic heterocycles. The van der Waals surface area contributed by atoms with Crippen molar-refractivity contribution in [3.05, 3.63) is 29.8 Å². The van der Waals surface area contributed by atoms with Gasteiger partial charge in [-0.25, -0.2) is 0 Å². The lowest BCUT2D eigenvalue weighted by atomic mass is 10.1. The minimum Gasteiger partial charge on any atom is -0.336 e. The summed E-state index contributed by atoms with van der Waals surface area (Å²) in [5.74, 6) is 0.122. The fourth-order valence-corrected chi connectivity index (χ4v) is 2.31. The molecule has 0 saturated carbocycles. The van der Waals surface area contributed by atoms with Gasteiger partial charge < -0.3 is 10.2 Å². The van der Waals surface area contributed by atoms with Crippen molar-refractivity contribution in [2.24, 2.45) is 0 Å². The number of thioether (sulfide) groups is 1. The van der Waals surface area contributed by atoms with Gasteiger partial charge in [0.05, 0.1) is 11.6 Å². The van der Waals surface area contributed by atoms with E-state index in [0.29, 0.717) is 6.04 Å². The molecular weight excluding hydrogens is 256 g/mol. The van der Waals surface area contributed by atoms with Crippen LogP contribution in [-0.4, -0.2) is 43.2 Å². The molecule has 0 aromatic heterocycles. The van der Waals surface area contributed by atoms with E-state index in [1.54, 1.807) is 11.8 Å². The molecule has 0 unspecified atom stereocenters. The van der Waals surface area contributed by atoms with Gasteiger partial charge >= 0.3 is 0 Å². The molecule has 1 heterocycles. The van der Waals surface area contributed by atoms with Crippen LogP contribution in [0.3, 0.4) is 0 Å². The van der Waals surface area contributed by atoms with Gasteiger partial charge in [0.1, 0.15) is 0 Å². The van der Waals surface area contributed by atoms with E-state index in [1.807, 2.05) is 42.5 Å². The summed E-state index contributed by atoms with van der Waals surface area (Å²) in [5.41, 5.74) is 0.810. The third kappa shape index (κ3) is 2.94. The zero-order valence-electron chi connectivity index (χ0n) is 9.97. The van der Waals surface area contributed by atoms with Crippen LogP contribution in [0, 0.1) is 0 Å². The Morgan fingerprint density at radius 1 is 1.41 bits per heavy atom. The summed E-state index contributed by atoms with van der Waals surface area (Å²) < 4.78 is 0. The van der Waals surface area contributed by atoms with Crippen molar-refractivity contribution in [2.45, 2.75) is 10.9 Å². The second-order valence-corrected chi connectivity index (χ2v) is 4.78. The van der Waals surface area contributed by atoms with Crippen LogP contribution in [0.5, 0.6) is 0 Å². The fraction of sp³-hybridized carbons (Fsp3) is 0.417. The Morgan fingerprint density at radius 2 is 2.06 bits per heavy atom. The van der Waals surface area contributed by atoms with Crippen LogP contribution < -0.4 is 5.32 Å². The van der Waals surface area contributed by atoms with Gasteiger partial charge in [-0.15, -0.1) is 24.2 Å². The highest BCUT2D eigenvalue weighted by Gasteiger charge is 2.26. The monoisotopic (exact) mass is 272 g/mol. The highest BCUT2D eigenvalue weighted by Crippen LogP contribution is 2.21. The molecule has 0 atom stereocenters. The van der Waals surface area contributed by atoms with Crippen LogP contribution in [0.1, 0.15) is 10.4 Å². The highest BCUT2D eigenvalue weighted by atomic mass is 35.5. The summed E-state index contributed by atoms with van der Waals surface area (Å²) in [6.07, 6.45) is 2.00. The number of nitrogens with zero attached hydrogens (tertiary/aromatic N) is 1. The van der Waals surface area contributed by atoms with E-state index in [1.165, 1.54) is 0 Å². The Morgan fingerprint density at radius 3 is 2.59 bits per heavy atom. The van der Waals surface area contributed by atoms with Crippen molar-refractivity contribution in [2.75, 3.05) is 26.4 Å². The third-order valence-corrected chi connectivity index (χ3v) is 3.76. The van der Waals surface area contributed by atoms with Gasteiger partial charge in [-0.2, -0.15) is 0 Å². The second-order valence-electron chi connectivity index (χ2n) is 3.93. The van der Waals surface area contributed by atoms with Crippen LogP contribution >= 0.6 is 24.2 Å². The topological polar surface area (TPSA) is 32.3 Å². The molecule has 1 aromatic rings. The zero-order valence-corrected chi connectivity index (χ0v) is 11.6. The number of benzene rings is 1. The summed E-state index contributed by atoms with van der Waals surface area (Å²) in [7, 11) is 1.88. The molecule has 1 aromatic carbocycles. The molecule has 1 amide bonds. The van der Waals surface area contributed by atoms with E-state index in [-0.39, 0.29) is 18.3 Å². The van der Waals surface area contributed by atoms with Gasteiger partial charge in [-0.3, -0.25) is 4.79 Å². The lowest BCUT2D eigenvalue weighted by Crippen LogP contribution is -2.57. The summed E-state index contributed by atoms with van der Waals surface area (Å²) in [6, 6.07) is 8.12. The first-order chi connectivity index (χ1) is 7.74. The van der Waals surface area contributed by atoms with Crippen molar-refractivity contribution in [3.8, 4) is 0 Å². The van der Waals surface area contributed by atoms with Crippen molar-refractivity contribution in [3.63, 3.8) is 0 Å². The number of hydrogen-bond donors (Lipinski definition) is 1. The highest BCUT2D eigenvalue weighted by molar-refractivity contribution is 7.98. The summed E-state index contributed by atoms with van der Waals surface area (Å²) in [5, 5.41) is 3.18. The quantitative estimate of drug-likeness (QED) is 0.853. The van der Waals surface area contributed by atoms with Crippen LogP contribution in [-0.2, 0) is 0 Å². The fourth-order valence-electron chi connectivity index (χ4n) is 1.72. The average molecular weight is 273 g/mol. The Hall–Kier alpha value is -0.710. The summed E-state index contributed by atoms with van der Waals surface area (Å²) >= 11 is 1.62. The predicted octanol–water partition coefficient (Wildman–Crippen LogP) is 1.87. The first kappa shape index (κ1) is 14.4. The van der Waals surface area contributed by atoms with Crippen LogP contribution in [0.4, 0.5) is 0 Å². The molecule has 0 aliphatic carbocycles. The lowest BCUT2D eigenvalue weighted by molar-refractivity contribution is 0.0677. The minimum atomic E-state index is 0. The van der Waals surface area contributed by atoms with Crippen LogP contribution in [0.25, 0.3) is 0 Å². The van der Waals surface area contributed by atoms with Gasteiger partial charge in [0.2, 0.25) is 0 Å². The van der Waals surface area contributed by atoms with Crippen molar-refractivity contribution in [1.82, 2.24) is 10.2 Å². The number of rotatable bonds is 3. The predicted molar refractivity (Wildman–Crippen MR) is 74.2 cm³/mol. The number of hydrogen-bond acceptors (Lipinski definition) is 3. The van der Waals surface area contributed by atoms with E-state index in [4.69, 9.17) is 0 Å². The molecule has 17 heavy (non-hydrogen) atoms. The van der Waals surface area contributed by atoms with Crippen molar-refractivity contribution < 1.29 is 4.79 Å². The molecule has 1 N–H and O–H groups in total. The molecule has 2 rings (SSSR count). The largest absolute Gasteiger partial charge is 0.336 e. The second kappa shape index (κ2) is 6.28. The van der Waals surface area contributed by atoms with Crippen molar-refractivity contribution in [1.29, 1.82) is 0 Å². The molecular formula is C12H17ClN2OS. The number of likely N-dealkylation sites (N-methyl/N-ethyl adjacent to an activating group) is 1. The van der Waals surface area contributed by atoms with Gasteiger partial charge in [0.25, 0.3) is 5.91 Å². The molecule has 94 valence electrons.